The van der Waals surface area contributed by atoms with Gasteiger partial charge in [-0.3, -0.25) is 0 Å². The normalized spacial score (nSPS) is 33.0. The van der Waals surface area contributed by atoms with Crippen LogP contribution in [0.2, 0.25) is 0 Å². The summed E-state index contributed by atoms with van der Waals surface area (Å²) in [6, 6.07) is 2.99. The van der Waals surface area contributed by atoms with Crippen molar-refractivity contribution in [2.24, 2.45) is 11.3 Å². The van der Waals surface area contributed by atoms with Crippen molar-refractivity contribution in [3.8, 4) is 6.07 Å². The Labute approximate surface area is 121 Å². The molecule has 1 amide bonds. The summed E-state index contributed by atoms with van der Waals surface area (Å²) in [7, 11) is 0. The van der Waals surface area contributed by atoms with E-state index in [2.05, 4.69) is 16.7 Å². The maximum atomic E-state index is 11.7. The Kier molecular flexibility index (Phi) is 3.97. The lowest BCUT2D eigenvalue weighted by Gasteiger charge is -2.38. The van der Waals surface area contributed by atoms with Crippen molar-refractivity contribution in [1.29, 1.82) is 5.26 Å². The number of carbonyl (C=O) groups is 1. The van der Waals surface area contributed by atoms with E-state index in [0.717, 1.165) is 25.8 Å². The van der Waals surface area contributed by atoms with Crippen molar-refractivity contribution < 1.29 is 9.53 Å². The van der Waals surface area contributed by atoms with E-state index in [-0.39, 0.29) is 18.1 Å². The van der Waals surface area contributed by atoms with Crippen LogP contribution in [0.5, 0.6) is 0 Å². The average Bonchev–Trinajstić information content (AvgIpc) is 2.95. The van der Waals surface area contributed by atoms with Gasteiger partial charge in [0.05, 0.1) is 12.0 Å². The lowest BCUT2D eigenvalue weighted by molar-refractivity contribution is 0.0502. The number of nitrogens with one attached hydrogen (secondary N) is 2. The van der Waals surface area contributed by atoms with E-state index < -0.39 is 5.60 Å². The molecule has 2 saturated carbocycles. The van der Waals surface area contributed by atoms with Gasteiger partial charge in [0.1, 0.15) is 5.60 Å². The summed E-state index contributed by atoms with van der Waals surface area (Å²) < 4.78 is 5.27. The Balaban J connectivity index is 1.65. The summed E-state index contributed by atoms with van der Waals surface area (Å²) in [5.74, 6) is 0.0569. The zero-order chi connectivity index (χ0) is 15.0. The summed E-state index contributed by atoms with van der Waals surface area (Å²) in [6.45, 7) is 8.28. The van der Waals surface area contributed by atoms with Crippen LogP contribution >= 0.6 is 0 Å². The SMILES string of the molecule is CC(C#N)CNC1CC2(C1)CC2NC(=O)OC(C)(C)C. The van der Waals surface area contributed by atoms with E-state index in [4.69, 9.17) is 10.00 Å². The molecule has 0 saturated heterocycles. The van der Waals surface area contributed by atoms with Crippen molar-refractivity contribution in [1.82, 2.24) is 10.6 Å². The molecule has 2 fully saturated rings. The Morgan fingerprint density at radius 2 is 2.10 bits per heavy atom. The standard InChI is InChI=1S/C15H25N3O2/c1-10(8-16)9-17-11-5-15(6-11)7-12(15)18-13(19)20-14(2,3)4/h10-12,17H,5-7,9H2,1-4H3,(H,18,19). The number of rotatable bonds is 4. The Bertz CT molecular complexity index is 416. The summed E-state index contributed by atoms with van der Waals surface area (Å²) in [6.07, 6.45) is 2.92. The maximum absolute atomic E-state index is 11.7. The van der Waals surface area contributed by atoms with Crippen LogP contribution in [-0.2, 0) is 4.74 Å². The molecule has 0 aromatic heterocycles. The lowest BCUT2D eigenvalue weighted by Crippen LogP contribution is -2.47. The van der Waals surface area contributed by atoms with Crippen molar-refractivity contribution >= 4 is 6.09 Å². The number of nitriles is 1. The highest BCUT2D eigenvalue weighted by Gasteiger charge is 2.62. The predicted octanol–water partition coefficient (Wildman–Crippen LogP) is 2.18. The Hall–Kier alpha value is -1.28. The predicted molar refractivity (Wildman–Crippen MR) is 76.0 cm³/mol. The maximum Gasteiger partial charge on any atom is 0.407 e. The molecule has 5 nitrogen and oxygen atoms in total. The zero-order valence-electron chi connectivity index (χ0n) is 12.8. The van der Waals surface area contributed by atoms with E-state index >= 15 is 0 Å². The second-order valence-corrected chi connectivity index (χ2v) is 7.31. The highest BCUT2D eigenvalue weighted by Crippen LogP contribution is 2.60. The first-order valence-corrected chi connectivity index (χ1v) is 7.37. The first-order chi connectivity index (χ1) is 9.24. The van der Waals surface area contributed by atoms with Crippen LogP contribution in [0.3, 0.4) is 0 Å². The topological polar surface area (TPSA) is 74.2 Å². The molecule has 0 bridgehead atoms. The molecule has 1 spiro atoms. The third kappa shape index (κ3) is 3.63. The molecule has 2 aliphatic carbocycles. The van der Waals surface area contributed by atoms with Gasteiger partial charge in [0.2, 0.25) is 0 Å². The van der Waals surface area contributed by atoms with Crippen LogP contribution < -0.4 is 10.6 Å². The van der Waals surface area contributed by atoms with Gasteiger partial charge in [-0.2, -0.15) is 5.26 Å². The van der Waals surface area contributed by atoms with Crippen LogP contribution in [-0.4, -0.2) is 30.3 Å². The molecular formula is C15H25N3O2. The third-order valence-corrected chi connectivity index (χ3v) is 4.12. The van der Waals surface area contributed by atoms with E-state index in [1.54, 1.807) is 0 Å². The van der Waals surface area contributed by atoms with Gasteiger partial charge in [-0.15, -0.1) is 0 Å². The van der Waals surface area contributed by atoms with Gasteiger partial charge >= 0.3 is 6.09 Å². The van der Waals surface area contributed by atoms with E-state index in [1.165, 1.54) is 0 Å². The Morgan fingerprint density at radius 3 is 2.65 bits per heavy atom. The van der Waals surface area contributed by atoms with Crippen LogP contribution in [0, 0.1) is 22.7 Å². The van der Waals surface area contributed by atoms with Crippen molar-refractivity contribution in [3.63, 3.8) is 0 Å². The number of amides is 1. The Morgan fingerprint density at radius 1 is 1.45 bits per heavy atom. The third-order valence-electron chi connectivity index (χ3n) is 4.12. The fraction of sp³-hybridized carbons (Fsp3) is 0.867. The molecule has 5 heteroatoms. The molecule has 112 valence electrons. The molecule has 0 aliphatic heterocycles. The number of carbonyl (C=O) groups excluding carboxylic acids is 1. The molecule has 2 rings (SSSR count). The van der Waals surface area contributed by atoms with Crippen molar-refractivity contribution in [2.45, 2.75) is 64.6 Å². The molecule has 2 aliphatic rings. The summed E-state index contributed by atoms with van der Waals surface area (Å²) in [5, 5.41) is 15.1. The van der Waals surface area contributed by atoms with Crippen molar-refractivity contribution in [3.05, 3.63) is 0 Å². The molecule has 2 unspecified atom stereocenters. The van der Waals surface area contributed by atoms with Crippen LogP contribution in [0.15, 0.2) is 0 Å². The molecule has 2 atom stereocenters. The monoisotopic (exact) mass is 279 g/mol. The largest absolute Gasteiger partial charge is 0.444 e. The molecule has 0 heterocycles. The van der Waals surface area contributed by atoms with E-state index in [0.29, 0.717) is 11.5 Å². The fourth-order valence-electron chi connectivity index (χ4n) is 2.91. The number of alkyl carbamates (subject to hydrolysis) is 1. The van der Waals surface area contributed by atoms with E-state index in [1.807, 2.05) is 27.7 Å². The summed E-state index contributed by atoms with van der Waals surface area (Å²) in [5.41, 5.74) is -0.145. The van der Waals surface area contributed by atoms with Crippen LogP contribution in [0.4, 0.5) is 4.79 Å². The lowest BCUT2D eigenvalue weighted by atomic mass is 9.76. The molecule has 0 radical (unpaired) electrons. The zero-order valence-corrected chi connectivity index (χ0v) is 12.8. The highest BCUT2D eigenvalue weighted by atomic mass is 16.6. The first-order valence-electron chi connectivity index (χ1n) is 7.37. The van der Waals surface area contributed by atoms with Crippen molar-refractivity contribution in [2.75, 3.05) is 6.54 Å². The smallest absolute Gasteiger partial charge is 0.407 e. The quantitative estimate of drug-likeness (QED) is 0.827. The number of hydrogen-bond donors (Lipinski definition) is 2. The second-order valence-electron chi connectivity index (χ2n) is 7.31. The second kappa shape index (κ2) is 5.25. The van der Waals surface area contributed by atoms with Crippen LogP contribution in [0.1, 0.15) is 47.0 Å². The van der Waals surface area contributed by atoms with Gasteiger partial charge in [0, 0.05) is 18.6 Å². The molecule has 2 N–H and O–H groups in total. The number of ether oxygens (including phenoxy) is 1. The van der Waals surface area contributed by atoms with Gasteiger partial charge in [0.15, 0.2) is 0 Å². The minimum Gasteiger partial charge on any atom is -0.444 e. The highest BCUT2D eigenvalue weighted by molar-refractivity contribution is 5.69. The van der Waals surface area contributed by atoms with Crippen LogP contribution in [0.25, 0.3) is 0 Å². The molecule has 20 heavy (non-hydrogen) atoms. The summed E-state index contributed by atoms with van der Waals surface area (Å²) >= 11 is 0. The van der Waals surface area contributed by atoms with Gasteiger partial charge in [0.25, 0.3) is 0 Å². The molecular weight excluding hydrogens is 254 g/mol. The fourth-order valence-corrected chi connectivity index (χ4v) is 2.91. The minimum absolute atomic E-state index is 0.0569. The van der Waals surface area contributed by atoms with Gasteiger partial charge in [-0.25, -0.2) is 4.79 Å². The average molecular weight is 279 g/mol. The van der Waals surface area contributed by atoms with Gasteiger partial charge in [-0.1, -0.05) is 0 Å². The van der Waals surface area contributed by atoms with Gasteiger partial charge < -0.3 is 15.4 Å². The number of hydrogen-bond acceptors (Lipinski definition) is 4. The number of nitrogens with zero attached hydrogens (tertiary/aromatic N) is 1. The molecule has 0 aromatic carbocycles. The first kappa shape index (κ1) is 15.1. The van der Waals surface area contributed by atoms with Gasteiger partial charge in [-0.05, 0) is 52.4 Å². The molecule has 0 aromatic rings. The summed E-state index contributed by atoms with van der Waals surface area (Å²) in [4.78, 5) is 11.7. The minimum atomic E-state index is -0.441. The van der Waals surface area contributed by atoms with E-state index in [9.17, 15) is 4.79 Å².